The summed E-state index contributed by atoms with van der Waals surface area (Å²) in [6.07, 6.45) is 0. The van der Waals surface area contributed by atoms with Crippen molar-refractivity contribution in [3.05, 3.63) is 59.2 Å². The van der Waals surface area contributed by atoms with E-state index in [4.69, 9.17) is 15.2 Å². The van der Waals surface area contributed by atoms with E-state index in [1.165, 1.54) is 0 Å². The second-order valence-electron chi connectivity index (χ2n) is 7.46. The summed E-state index contributed by atoms with van der Waals surface area (Å²) < 4.78 is 10.8. The van der Waals surface area contributed by atoms with Gasteiger partial charge in [0.1, 0.15) is 0 Å². The Morgan fingerprint density at radius 2 is 1.70 bits per heavy atom. The lowest BCUT2D eigenvalue weighted by atomic mass is 10.1. The number of carbonyl (C=O) groups is 2. The van der Waals surface area contributed by atoms with Gasteiger partial charge in [-0.2, -0.15) is 0 Å². The van der Waals surface area contributed by atoms with Gasteiger partial charge >= 0.3 is 11.8 Å². The lowest BCUT2D eigenvalue weighted by molar-refractivity contribution is -0.147. The van der Waals surface area contributed by atoms with Crippen molar-refractivity contribution in [2.24, 2.45) is 5.73 Å². The van der Waals surface area contributed by atoms with Crippen LogP contribution in [0.3, 0.4) is 0 Å². The molecule has 0 atom stereocenters. The van der Waals surface area contributed by atoms with Crippen molar-refractivity contribution in [2.45, 2.75) is 19.6 Å². The van der Waals surface area contributed by atoms with Crippen LogP contribution in [0.15, 0.2) is 42.5 Å². The van der Waals surface area contributed by atoms with Gasteiger partial charge in [-0.05, 0) is 28.8 Å². The summed E-state index contributed by atoms with van der Waals surface area (Å²) in [5.74, 6) is 0.495. The van der Waals surface area contributed by atoms with E-state index in [2.05, 4.69) is 10.2 Å². The average Bonchev–Trinajstić information content (AvgIpc) is 3.25. The highest BCUT2D eigenvalue weighted by molar-refractivity contribution is 6.35. The number of ether oxygens (including phenoxy) is 2. The van der Waals surface area contributed by atoms with E-state index in [1.54, 1.807) is 4.90 Å². The molecule has 0 radical (unpaired) electrons. The summed E-state index contributed by atoms with van der Waals surface area (Å²) in [7, 11) is 0. The molecule has 0 aliphatic carbocycles. The van der Waals surface area contributed by atoms with Gasteiger partial charge in [0.15, 0.2) is 11.5 Å². The molecule has 2 aliphatic heterocycles. The fourth-order valence-electron chi connectivity index (χ4n) is 3.67. The van der Waals surface area contributed by atoms with Gasteiger partial charge in [-0.3, -0.25) is 14.5 Å². The van der Waals surface area contributed by atoms with Crippen LogP contribution in [0.1, 0.15) is 16.7 Å². The molecule has 8 heteroatoms. The molecule has 3 N–H and O–H groups in total. The number of amides is 2. The molecule has 1 fully saturated rings. The number of piperazine rings is 1. The Balaban J connectivity index is 1.24. The molecule has 0 unspecified atom stereocenters. The zero-order valence-corrected chi connectivity index (χ0v) is 16.8. The second kappa shape index (κ2) is 9.15. The predicted molar refractivity (Wildman–Crippen MR) is 111 cm³/mol. The summed E-state index contributed by atoms with van der Waals surface area (Å²) in [5, 5.41) is 2.71. The Morgan fingerprint density at radius 3 is 2.50 bits per heavy atom. The maximum absolute atomic E-state index is 12.5. The highest BCUT2D eigenvalue weighted by Crippen LogP contribution is 2.32. The number of hydrogen-bond acceptors (Lipinski definition) is 6. The number of benzene rings is 2. The molecule has 158 valence electrons. The van der Waals surface area contributed by atoms with Crippen molar-refractivity contribution in [1.82, 2.24) is 15.1 Å². The maximum atomic E-state index is 12.5. The summed E-state index contributed by atoms with van der Waals surface area (Å²) in [4.78, 5) is 28.6. The Labute approximate surface area is 175 Å². The third kappa shape index (κ3) is 4.72. The fraction of sp³-hybridized carbons (Fsp3) is 0.364. The number of rotatable bonds is 5. The molecule has 30 heavy (non-hydrogen) atoms. The van der Waals surface area contributed by atoms with Gasteiger partial charge in [-0.25, -0.2) is 0 Å². The molecular weight excluding hydrogens is 384 g/mol. The highest BCUT2D eigenvalue weighted by Gasteiger charge is 2.26. The molecule has 8 nitrogen and oxygen atoms in total. The Kier molecular flexibility index (Phi) is 6.15. The molecule has 0 bridgehead atoms. The van der Waals surface area contributed by atoms with Gasteiger partial charge in [-0.15, -0.1) is 0 Å². The van der Waals surface area contributed by atoms with Crippen LogP contribution in [0, 0.1) is 0 Å². The monoisotopic (exact) mass is 410 g/mol. The van der Waals surface area contributed by atoms with Gasteiger partial charge in [0.25, 0.3) is 0 Å². The summed E-state index contributed by atoms with van der Waals surface area (Å²) in [5.41, 5.74) is 8.69. The summed E-state index contributed by atoms with van der Waals surface area (Å²) >= 11 is 0. The maximum Gasteiger partial charge on any atom is 0.311 e. The largest absolute Gasteiger partial charge is 0.454 e. The number of nitrogens with one attached hydrogen (secondary N) is 1. The smallest absolute Gasteiger partial charge is 0.311 e. The van der Waals surface area contributed by atoms with Crippen LogP contribution in [0.2, 0.25) is 0 Å². The zero-order valence-electron chi connectivity index (χ0n) is 16.8. The lowest BCUT2D eigenvalue weighted by Gasteiger charge is -2.34. The molecule has 2 aromatic rings. The topological polar surface area (TPSA) is 97.1 Å². The van der Waals surface area contributed by atoms with E-state index in [0.717, 1.165) is 34.7 Å². The van der Waals surface area contributed by atoms with Gasteiger partial charge in [0, 0.05) is 45.8 Å². The van der Waals surface area contributed by atoms with Crippen molar-refractivity contribution in [3.8, 4) is 11.5 Å². The van der Waals surface area contributed by atoms with Gasteiger partial charge in [0.2, 0.25) is 6.79 Å². The third-order valence-electron chi connectivity index (χ3n) is 5.38. The number of hydrogen-bond donors (Lipinski definition) is 2. The molecule has 0 spiro atoms. The number of nitrogens with two attached hydrogens (primary N) is 1. The minimum absolute atomic E-state index is 0.264. The molecule has 2 aromatic carbocycles. The van der Waals surface area contributed by atoms with Crippen molar-refractivity contribution in [2.75, 3.05) is 33.0 Å². The van der Waals surface area contributed by atoms with E-state index >= 15 is 0 Å². The van der Waals surface area contributed by atoms with Gasteiger partial charge in [-0.1, -0.05) is 30.3 Å². The fourth-order valence-corrected chi connectivity index (χ4v) is 3.67. The molecule has 0 aromatic heterocycles. The van der Waals surface area contributed by atoms with Crippen molar-refractivity contribution < 1.29 is 19.1 Å². The SMILES string of the molecule is NCc1cccc(CNC(=O)C(=O)N2CCN(Cc3ccc4c(c3)OCO4)CC2)c1. The van der Waals surface area contributed by atoms with E-state index in [-0.39, 0.29) is 6.79 Å². The van der Waals surface area contributed by atoms with Crippen LogP contribution in [0.25, 0.3) is 0 Å². The van der Waals surface area contributed by atoms with Crippen LogP contribution < -0.4 is 20.5 Å². The molecule has 4 rings (SSSR count). The highest BCUT2D eigenvalue weighted by atomic mass is 16.7. The normalized spacial score (nSPS) is 15.8. The quantitative estimate of drug-likeness (QED) is 0.709. The first kappa shape index (κ1) is 20.2. The molecule has 0 saturated carbocycles. The molecule has 2 aliphatic rings. The van der Waals surface area contributed by atoms with E-state index in [9.17, 15) is 9.59 Å². The van der Waals surface area contributed by atoms with Crippen molar-refractivity contribution >= 4 is 11.8 Å². The first-order chi connectivity index (χ1) is 14.6. The van der Waals surface area contributed by atoms with Crippen LogP contribution in [-0.4, -0.2) is 54.6 Å². The Morgan fingerprint density at radius 1 is 0.933 bits per heavy atom. The van der Waals surface area contributed by atoms with Crippen molar-refractivity contribution in [1.29, 1.82) is 0 Å². The second-order valence-corrected chi connectivity index (χ2v) is 7.46. The lowest BCUT2D eigenvalue weighted by Crippen LogP contribution is -2.52. The van der Waals surface area contributed by atoms with E-state index < -0.39 is 11.8 Å². The first-order valence-corrected chi connectivity index (χ1v) is 10.1. The van der Waals surface area contributed by atoms with Gasteiger partial charge in [0.05, 0.1) is 0 Å². The summed E-state index contributed by atoms with van der Waals surface area (Å²) in [6.45, 7) is 4.26. The minimum Gasteiger partial charge on any atom is -0.454 e. The minimum atomic E-state index is -0.572. The molecule has 2 heterocycles. The number of fused-ring (bicyclic) bond motifs is 1. The van der Waals surface area contributed by atoms with Crippen LogP contribution in [0.5, 0.6) is 11.5 Å². The standard InChI is InChI=1S/C22H26N4O4/c23-12-16-2-1-3-17(10-16)13-24-21(27)22(28)26-8-6-25(7-9-26)14-18-4-5-19-20(11-18)30-15-29-19/h1-5,10-11H,6-9,12-15,23H2,(H,24,27). The third-order valence-corrected chi connectivity index (χ3v) is 5.38. The van der Waals surface area contributed by atoms with Crippen molar-refractivity contribution in [3.63, 3.8) is 0 Å². The average molecular weight is 410 g/mol. The predicted octanol–water partition coefficient (Wildman–Crippen LogP) is 0.835. The van der Waals surface area contributed by atoms with Crippen LogP contribution in [0.4, 0.5) is 0 Å². The van der Waals surface area contributed by atoms with E-state index in [1.807, 2.05) is 42.5 Å². The zero-order chi connectivity index (χ0) is 20.9. The van der Waals surface area contributed by atoms with E-state index in [0.29, 0.717) is 39.3 Å². The molecule has 1 saturated heterocycles. The Bertz CT molecular complexity index is 925. The number of nitrogens with zero attached hydrogens (tertiary/aromatic N) is 2. The summed E-state index contributed by atoms with van der Waals surface area (Å²) in [6, 6.07) is 13.6. The van der Waals surface area contributed by atoms with Crippen LogP contribution in [-0.2, 0) is 29.2 Å². The first-order valence-electron chi connectivity index (χ1n) is 10.1. The van der Waals surface area contributed by atoms with Gasteiger partial charge < -0.3 is 25.4 Å². The van der Waals surface area contributed by atoms with Crippen LogP contribution >= 0.6 is 0 Å². The number of carbonyl (C=O) groups excluding carboxylic acids is 2. The Hall–Kier alpha value is -3.10. The molecule has 2 amide bonds. The molecular formula is C22H26N4O4.